The molecule has 0 radical (unpaired) electrons. The van der Waals surface area contributed by atoms with Crippen molar-refractivity contribution in [2.24, 2.45) is 5.92 Å². The molecule has 2 aliphatic heterocycles. The smallest absolute Gasteiger partial charge is 0.324 e. The van der Waals surface area contributed by atoms with E-state index in [1.807, 2.05) is 12.1 Å². The second kappa shape index (κ2) is 9.29. The molecule has 6 heteroatoms. The highest BCUT2D eigenvalue weighted by Crippen LogP contribution is 2.25. The fourth-order valence-corrected chi connectivity index (χ4v) is 4.44. The maximum absolute atomic E-state index is 13.1. The van der Waals surface area contributed by atoms with Crippen LogP contribution in [0.4, 0.5) is 10.5 Å². The van der Waals surface area contributed by atoms with E-state index < -0.39 is 6.10 Å². The van der Waals surface area contributed by atoms with Gasteiger partial charge in [0.05, 0.1) is 30.8 Å². The van der Waals surface area contributed by atoms with Crippen LogP contribution in [0.5, 0.6) is 0 Å². The van der Waals surface area contributed by atoms with E-state index in [0.717, 1.165) is 32.5 Å². The first kappa shape index (κ1) is 20.4. The Morgan fingerprint density at radius 3 is 2.53 bits per heavy atom. The number of amides is 2. The van der Waals surface area contributed by atoms with Gasteiger partial charge in [-0.1, -0.05) is 36.4 Å². The van der Waals surface area contributed by atoms with Crippen molar-refractivity contribution in [3.8, 4) is 6.07 Å². The van der Waals surface area contributed by atoms with Crippen LogP contribution in [-0.4, -0.2) is 59.8 Å². The summed E-state index contributed by atoms with van der Waals surface area (Å²) in [6.07, 6.45) is 1.51. The van der Waals surface area contributed by atoms with Crippen molar-refractivity contribution in [1.82, 2.24) is 9.80 Å². The standard InChI is InChI=1S/C24H28N4O2/c25-14-21-7-4-8-22(13-21)28-18-23(29)17-27(24(28)30)16-20-9-11-26(12-10-20)15-19-5-2-1-3-6-19/h1-8,13,20,23,29H,9-12,15-18H2. The SMILES string of the molecule is N#Cc1cccc(N2CC(O)CN(CC3CCN(Cc4ccccc4)CC3)C2=O)c1. The van der Waals surface area contributed by atoms with E-state index in [-0.39, 0.29) is 12.6 Å². The van der Waals surface area contributed by atoms with E-state index in [2.05, 4.69) is 35.2 Å². The predicted molar refractivity (Wildman–Crippen MR) is 116 cm³/mol. The number of anilines is 1. The summed E-state index contributed by atoms with van der Waals surface area (Å²) in [4.78, 5) is 18.9. The summed E-state index contributed by atoms with van der Waals surface area (Å²) in [5, 5.41) is 19.5. The maximum Gasteiger partial charge on any atom is 0.324 e. The predicted octanol–water partition coefficient (Wildman–Crippen LogP) is 3.07. The zero-order valence-corrected chi connectivity index (χ0v) is 17.2. The number of nitriles is 1. The summed E-state index contributed by atoms with van der Waals surface area (Å²) in [5.74, 6) is 0.443. The summed E-state index contributed by atoms with van der Waals surface area (Å²) >= 11 is 0. The lowest BCUT2D eigenvalue weighted by Gasteiger charge is -2.41. The molecule has 2 aliphatic rings. The first-order chi connectivity index (χ1) is 14.6. The third-order valence-corrected chi connectivity index (χ3v) is 6.05. The summed E-state index contributed by atoms with van der Waals surface area (Å²) in [7, 11) is 0. The average molecular weight is 405 g/mol. The van der Waals surface area contributed by atoms with E-state index >= 15 is 0 Å². The zero-order chi connectivity index (χ0) is 20.9. The van der Waals surface area contributed by atoms with Crippen LogP contribution in [0.3, 0.4) is 0 Å². The normalized spacial score (nSPS) is 20.9. The first-order valence-corrected chi connectivity index (χ1v) is 10.6. The van der Waals surface area contributed by atoms with E-state index in [4.69, 9.17) is 5.26 Å². The van der Waals surface area contributed by atoms with Crippen LogP contribution >= 0.6 is 0 Å². The van der Waals surface area contributed by atoms with Crippen molar-refractivity contribution in [2.75, 3.05) is 37.6 Å². The molecular weight excluding hydrogens is 376 g/mol. The monoisotopic (exact) mass is 404 g/mol. The fourth-order valence-electron chi connectivity index (χ4n) is 4.44. The molecule has 1 atom stereocenters. The van der Waals surface area contributed by atoms with Gasteiger partial charge in [-0.15, -0.1) is 0 Å². The van der Waals surface area contributed by atoms with E-state index in [1.54, 1.807) is 28.0 Å². The molecule has 2 aromatic rings. The van der Waals surface area contributed by atoms with E-state index in [0.29, 0.717) is 30.3 Å². The van der Waals surface area contributed by atoms with Crippen molar-refractivity contribution in [3.05, 3.63) is 65.7 Å². The second-order valence-electron chi connectivity index (χ2n) is 8.32. The molecule has 2 amide bonds. The lowest BCUT2D eigenvalue weighted by atomic mass is 9.95. The Labute approximate surface area is 177 Å². The number of hydrogen-bond donors (Lipinski definition) is 1. The molecule has 1 unspecified atom stereocenters. The summed E-state index contributed by atoms with van der Waals surface area (Å²) < 4.78 is 0. The van der Waals surface area contributed by atoms with Gasteiger partial charge in [-0.25, -0.2) is 4.79 Å². The minimum absolute atomic E-state index is 0.0814. The van der Waals surface area contributed by atoms with Gasteiger partial charge in [-0.05, 0) is 55.6 Å². The number of carbonyl (C=O) groups excluding carboxylic acids is 1. The Balaban J connectivity index is 1.35. The number of aliphatic hydroxyl groups is 1. The number of β-amino-alcohol motifs (C(OH)–C–C–N with tert-alkyl or cyclic N) is 1. The first-order valence-electron chi connectivity index (χ1n) is 10.6. The van der Waals surface area contributed by atoms with Crippen LogP contribution in [0.15, 0.2) is 54.6 Å². The third kappa shape index (κ3) is 4.81. The molecule has 2 fully saturated rings. The number of carbonyl (C=O) groups is 1. The highest BCUT2D eigenvalue weighted by molar-refractivity contribution is 5.93. The molecule has 30 heavy (non-hydrogen) atoms. The van der Waals surface area contributed by atoms with Gasteiger partial charge in [0.15, 0.2) is 0 Å². The summed E-state index contributed by atoms with van der Waals surface area (Å²) in [5.41, 5.74) is 2.51. The maximum atomic E-state index is 13.1. The van der Waals surface area contributed by atoms with Gasteiger partial charge < -0.3 is 10.0 Å². The second-order valence-corrected chi connectivity index (χ2v) is 8.32. The van der Waals surface area contributed by atoms with Crippen LogP contribution < -0.4 is 4.90 Å². The van der Waals surface area contributed by atoms with Gasteiger partial charge in [-0.3, -0.25) is 9.80 Å². The van der Waals surface area contributed by atoms with Gasteiger partial charge in [0.2, 0.25) is 0 Å². The Hall–Kier alpha value is -2.88. The highest BCUT2D eigenvalue weighted by Gasteiger charge is 2.33. The molecule has 0 aromatic heterocycles. The number of hydrogen-bond acceptors (Lipinski definition) is 4. The Morgan fingerprint density at radius 1 is 1.03 bits per heavy atom. The van der Waals surface area contributed by atoms with Crippen LogP contribution in [-0.2, 0) is 6.54 Å². The third-order valence-electron chi connectivity index (χ3n) is 6.05. The minimum Gasteiger partial charge on any atom is -0.389 e. The molecular formula is C24H28N4O2. The molecule has 0 bridgehead atoms. The van der Waals surface area contributed by atoms with Gasteiger partial charge in [0.1, 0.15) is 0 Å². The number of aliphatic hydroxyl groups excluding tert-OH is 1. The number of nitrogens with zero attached hydrogens (tertiary/aromatic N) is 4. The number of urea groups is 1. The number of piperidine rings is 1. The van der Waals surface area contributed by atoms with E-state index in [9.17, 15) is 9.90 Å². The summed E-state index contributed by atoms with van der Waals surface area (Å²) in [6, 6.07) is 19.6. The largest absolute Gasteiger partial charge is 0.389 e. The molecule has 2 aromatic carbocycles. The quantitative estimate of drug-likeness (QED) is 0.831. The molecule has 2 saturated heterocycles. The lowest BCUT2D eigenvalue weighted by Crippen LogP contribution is -2.57. The van der Waals surface area contributed by atoms with Crippen LogP contribution in [0.2, 0.25) is 0 Å². The Morgan fingerprint density at radius 2 is 1.80 bits per heavy atom. The molecule has 2 heterocycles. The molecule has 0 spiro atoms. The molecule has 0 saturated carbocycles. The van der Waals surface area contributed by atoms with Gasteiger partial charge in [-0.2, -0.15) is 5.26 Å². The topological polar surface area (TPSA) is 70.8 Å². The van der Waals surface area contributed by atoms with Gasteiger partial charge in [0.25, 0.3) is 0 Å². The van der Waals surface area contributed by atoms with Crippen molar-refractivity contribution in [3.63, 3.8) is 0 Å². The van der Waals surface area contributed by atoms with Gasteiger partial charge >= 0.3 is 6.03 Å². The Bertz CT molecular complexity index is 903. The molecule has 0 aliphatic carbocycles. The van der Waals surface area contributed by atoms with Crippen molar-refractivity contribution in [2.45, 2.75) is 25.5 Å². The molecule has 156 valence electrons. The number of likely N-dealkylation sites (tertiary alicyclic amines) is 1. The van der Waals surface area contributed by atoms with Crippen LogP contribution in [0, 0.1) is 17.2 Å². The van der Waals surface area contributed by atoms with Crippen molar-refractivity contribution < 1.29 is 9.90 Å². The van der Waals surface area contributed by atoms with Gasteiger partial charge in [0, 0.05) is 18.8 Å². The van der Waals surface area contributed by atoms with E-state index in [1.165, 1.54) is 5.56 Å². The minimum atomic E-state index is -0.591. The fraction of sp³-hybridized carbons (Fsp3) is 0.417. The van der Waals surface area contributed by atoms with Crippen molar-refractivity contribution >= 4 is 11.7 Å². The highest BCUT2D eigenvalue weighted by atomic mass is 16.3. The number of rotatable bonds is 5. The van der Waals surface area contributed by atoms with Crippen LogP contribution in [0.25, 0.3) is 0 Å². The Kier molecular flexibility index (Phi) is 6.32. The molecule has 4 rings (SSSR count). The average Bonchev–Trinajstić information content (AvgIpc) is 2.78. The number of benzene rings is 2. The summed E-state index contributed by atoms with van der Waals surface area (Å²) in [6.45, 7) is 4.33. The zero-order valence-electron chi connectivity index (χ0n) is 17.2. The lowest BCUT2D eigenvalue weighted by molar-refractivity contribution is 0.0874. The molecule has 1 N–H and O–H groups in total. The van der Waals surface area contributed by atoms with Crippen molar-refractivity contribution in [1.29, 1.82) is 5.26 Å². The molecule has 6 nitrogen and oxygen atoms in total. The van der Waals surface area contributed by atoms with Crippen LogP contribution in [0.1, 0.15) is 24.0 Å².